The minimum Gasteiger partial charge on any atom is -0.365 e. The molecule has 0 unspecified atom stereocenters. The Balaban J connectivity index is 0.00000261. The highest BCUT2D eigenvalue weighted by molar-refractivity contribution is 7.17. The average molecular weight is 449 g/mol. The number of anilines is 1. The van der Waals surface area contributed by atoms with Gasteiger partial charge in [0.25, 0.3) is 11.8 Å². The van der Waals surface area contributed by atoms with Crippen molar-refractivity contribution in [1.82, 2.24) is 4.90 Å². The Morgan fingerprint density at radius 2 is 2.00 bits per heavy atom. The lowest BCUT2D eigenvalue weighted by atomic mass is 10.0. The van der Waals surface area contributed by atoms with Crippen molar-refractivity contribution in [2.45, 2.75) is 32.9 Å². The van der Waals surface area contributed by atoms with Gasteiger partial charge in [0.2, 0.25) is 0 Å². The van der Waals surface area contributed by atoms with E-state index < -0.39 is 11.8 Å². The SMILES string of the molecule is CC(C)N1CCc2c(sc(NC(=O)c3ccc(Cl)cc3Cl)c2C(N)=O)C1.Cl. The summed E-state index contributed by atoms with van der Waals surface area (Å²) in [5.74, 6) is -0.925. The van der Waals surface area contributed by atoms with E-state index in [1.54, 1.807) is 12.1 Å². The first kappa shape index (κ1) is 22.0. The van der Waals surface area contributed by atoms with Gasteiger partial charge in [-0.1, -0.05) is 23.2 Å². The molecule has 1 aromatic carbocycles. The van der Waals surface area contributed by atoms with Gasteiger partial charge in [-0.15, -0.1) is 23.7 Å². The van der Waals surface area contributed by atoms with Crippen LogP contribution in [0.2, 0.25) is 10.0 Å². The third-order valence-corrected chi connectivity index (χ3v) is 6.15. The number of rotatable bonds is 4. The molecule has 2 amide bonds. The summed E-state index contributed by atoms with van der Waals surface area (Å²) >= 11 is 13.4. The Hall–Kier alpha value is -1.31. The summed E-state index contributed by atoms with van der Waals surface area (Å²) in [5.41, 5.74) is 7.24. The molecule has 5 nitrogen and oxygen atoms in total. The van der Waals surface area contributed by atoms with Crippen LogP contribution in [-0.2, 0) is 13.0 Å². The lowest BCUT2D eigenvalue weighted by molar-refractivity contribution is 0.0999. The highest BCUT2D eigenvalue weighted by Gasteiger charge is 2.28. The van der Waals surface area contributed by atoms with Crippen molar-refractivity contribution in [3.05, 3.63) is 49.8 Å². The van der Waals surface area contributed by atoms with Crippen LogP contribution < -0.4 is 11.1 Å². The molecule has 0 radical (unpaired) electrons. The fourth-order valence-corrected chi connectivity index (χ4v) is 4.82. The zero-order valence-corrected chi connectivity index (χ0v) is 18.0. The zero-order chi connectivity index (χ0) is 19.0. The van der Waals surface area contributed by atoms with E-state index in [-0.39, 0.29) is 17.4 Å². The van der Waals surface area contributed by atoms with Crippen LogP contribution in [0.5, 0.6) is 0 Å². The van der Waals surface area contributed by atoms with E-state index in [9.17, 15) is 9.59 Å². The number of primary amides is 1. The number of hydrogen-bond acceptors (Lipinski definition) is 4. The minimum absolute atomic E-state index is 0. The molecule has 0 bridgehead atoms. The van der Waals surface area contributed by atoms with Gasteiger partial charge in [0.15, 0.2) is 0 Å². The monoisotopic (exact) mass is 447 g/mol. The van der Waals surface area contributed by atoms with Crippen molar-refractivity contribution in [3.8, 4) is 0 Å². The van der Waals surface area contributed by atoms with Crippen molar-refractivity contribution >= 4 is 63.8 Å². The molecule has 3 N–H and O–H groups in total. The molecule has 3 rings (SSSR count). The maximum Gasteiger partial charge on any atom is 0.257 e. The Labute approximate surface area is 178 Å². The lowest BCUT2D eigenvalue weighted by Gasteiger charge is -2.30. The molecule has 2 heterocycles. The summed E-state index contributed by atoms with van der Waals surface area (Å²) in [6.45, 7) is 5.88. The molecule has 0 saturated heterocycles. The van der Waals surface area contributed by atoms with Crippen LogP contribution in [0.3, 0.4) is 0 Å². The van der Waals surface area contributed by atoms with Crippen molar-refractivity contribution in [3.63, 3.8) is 0 Å². The largest absolute Gasteiger partial charge is 0.365 e. The molecule has 0 fully saturated rings. The molecular weight excluding hydrogens is 429 g/mol. The molecule has 1 aromatic heterocycles. The summed E-state index contributed by atoms with van der Waals surface area (Å²) in [6, 6.07) is 5.07. The minimum atomic E-state index is -0.530. The van der Waals surface area contributed by atoms with Gasteiger partial charge in [-0.3, -0.25) is 14.5 Å². The van der Waals surface area contributed by atoms with E-state index in [0.717, 1.165) is 30.0 Å². The third-order valence-electron chi connectivity index (χ3n) is 4.47. The van der Waals surface area contributed by atoms with Gasteiger partial charge in [-0.25, -0.2) is 0 Å². The Morgan fingerprint density at radius 1 is 1.30 bits per heavy atom. The van der Waals surface area contributed by atoms with Crippen molar-refractivity contribution in [2.24, 2.45) is 5.73 Å². The van der Waals surface area contributed by atoms with Gasteiger partial charge < -0.3 is 11.1 Å². The summed E-state index contributed by atoms with van der Waals surface area (Å²) in [5, 5.41) is 3.98. The van der Waals surface area contributed by atoms with Gasteiger partial charge in [0.05, 0.1) is 16.1 Å². The molecule has 9 heteroatoms. The quantitative estimate of drug-likeness (QED) is 0.718. The number of halogens is 3. The van der Waals surface area contributed by atoms with E-state index in [1.807, 2.05) is 0 Å². The average Bonchev–Trinajstić information content (AvgIpc) is 2.91. The fraction of sp³-hybridized carbons (Fsp3) is 0.333. The van der Waals surface area contributed by atoms with Crippen LogP contribution in [-0.4, -0.2) is 29.3 Å². The van der Waals surface area contributed by atoms with Crippen molar-refractivity contribution < 1.29 is 9.59 Å². The fourth-order valence-electron chi connectivity index (χ4n) is 3.06. The normalized spacial score (nSPS) is 13.8. The second-order valence-corrected chi connectivity index (χ2v) is 8.41. The number of carbonyl (C=O) groups is 2. The number of amides is 2. The van der Waals surface area contributed by atoms with E-state index in [2.05, 4.69) is 24.1 Å². The third kappa shape index (κ3) is 4.58. The van der Waals surface area contributed by atoms with Crippen LogP contribution in [0, 0.1) is 0 Å². The summed E-state index contributed by atoms with van der Waals surface area (Å²) in [7, 11) is 0. The summed E-state index contributed by atoms with van der Waals surface area (Å²) in [4.78, 5) is 28.0. The number of thiophene rings is 1. The van der Waals surface area contributed by atoms with Crippen LogP contribution in [0.25, 0.3) is 0 Å². The molecule has 0 saturated carbocycles. The van der Waals surface area contributed by atoms with E-state index in [4.69, 9.17) is 28.9 Å². The van der Waals surface area contributed by atoms with Gasteiger partial charge in [0, 0.05) is 29.0 Å². The smallest absolute Gasteiger partial charge is 0.257 e. The number of benzene rings is 1. The number of carbonyl (C=O) groups excluding carboxylic acids is 2. The molecular formula is C18H20Cl3N3O2S. The predicted octanol–water partition coefficient (Wildman–Crippen LogP) is 4.59. The first-order valence-electron chi connectivity index (χ1n) is 8.22. The Morgan fingerprint density at radius 3 is 2.59 bits per heavy atom. The van der Waals surface area contributed by atoms with E-state index in [0.29, 0.717) is 27.2 Å². The number of nitrogens with two attached hydrogens (primary N) is 1. The molecule has 0 spiro atoms. The first-order valence-corrected chi connectivity index (χ1v) is 9.80. The summed E-state index contributed by atoms with van der Waals surface area (Å²) < 4.78 is 0. The van der Waals surface area contributed by atoms with Gasteiger partial charge >= 0.3 is 0 Å². The lowest BCUT2D eigenvalue weighted by Crippen LogP contribution is -2.35. The van der Waals surface area contributed by atoms with Crippen molar-refractivity contribution in [1.29, 1.82) is 0 Å². The molecule has 1 aliphatic heterocycles. The Bertz CT molecular complexity index is 883. The van der Waals surface area contributed by atoms with Crippen LogP contribution in [0.15, 0.2) is 18.2 Å². The number of nitrogens with zero attached hydrogens (tertiary/aromatic N) is 1. The van der Waals surface area contributed by atoms with Crippen molar-refractivity contribution in [2.75, 3.05) is 11.9 Å². The van der Waals surface area contributed by atoms with Crippen LogP contribution in [0.4, 0.5) is 5.00 Å². The predicted molar refractivity (Wildman–Crippen MR) is 114 cm³/mol. The summed E-state index contributed by atoms with van der Waals surface area (Å²) in [6.07, 6.45) is 0.736. The second kappa shape index (κ2) is 8.80. The van der Waals surface area contributed by atoms with Gasteiger partial charge in [0.1, 0.15) is 5.00 Å². The highest BCUT2D eigenvalue weighted by Crippen LogP contribution is 2.37. The first-order chi connectivity index (χ1) is 12.3. The molecule has 0 aliphatic carbocycles. The van der Waals surface area contributed by atoms with Crippen LogP contribution in [0.1, 0.15) is 45.0 Å². The van der Waals surface area contributed by atoms with Gasteiger partial charge in [-0.2, -0.15) is 0 Å². The van der Waals surface area contributed by atoms with Gasteiger partial charge in [-0.05, 0) is 44.0 Å². The highest BCUT2D eigenvalue weighted by atomic mass is 35.5. The Kier molecular flexibility index (Phi) is 7.16. The molecule has 146 valence electrons. The number of fused-ring (bicyclic) bond motifs is 1. The standard InChI is InChI=1S/C18H19Cl2N3O2S.ClH/c1-9(2)23-6-5-12-14(8-23)26-18(15(12)16(21)24)22-17(25)11-4-3-10(19)7-13(11)20;/h3-4,7,9H,5-6,8H2,1-2H3,(H2,21,24)(H,22,25);1H. The number of hydrogen-bond donors (Lipinski definition) is 2. The number of nitrogens with one attached hydrogen (secondary N) is 1. The molecule has 1 aliphatic rings. The maximum absolute atomic E-state index is 12.6. The topological polar surface area (TPSA) is 75.4 Å². The second-order valence-electron chi connectivity index (χ2n) is 6.46. The van der Waals surface area contributed by atoms with E-state index >= 15 is 0 Å². The zero-order valence-electron chi connectivity index (χ0n) is 14.8. The van der Waals surface area contributed by atoms with E-state index in [1.165, 1.54) is 17.4 Å². The molecule has 27 heavy (non-hydrogen) atoms. The maximum atomic E-state index is 12.6. The molecule has 0 atom stereocenters. The van der Waals surface area contributed by atoms with Crippen LogP contribution >= 0.6 is 46.9 Å². The molecule has 2 aromatic rings.